The molecule has 31 heavy (non-hydrogen) atoms. The molecule has 0 radical (unpaired) electrons. The molecule has 176 valence electrons. The van der Waals surface area contributed by atoms with Crippen LogP contribution in [-0.4, -0.2) is 69.2 Å². The van der Waals surface area contributed by atoms with Gasteiger partial charge in [0.25, 0.3) is 0 Å². The molecule has 0 saturated heterocycles. The van der Waals surface area contributed by atoms with Gasteiger partial charge in [0.15, 0.2) is 0 Å². The van der Waals surface area contributed by atoms with E-state index >= 15 is 0 Å². The monoisotopic (exact) mass is 564 g/mol. The van der Waals surface area contributed by atoms with Gasteiger partial charge in [-0.3, -0.25) is 14.4 Å². The standard InChI is InChI=1S/C12H23N4O3.C4H11N.C3H5NO2.Cs/c1-9(2)16-11(18)7-14-12(19)10(15-8-17)5-3-4-6-13;1-2-3-4-5;5-2-1-4-3-6;/h9-10H,3-7,13H2,1-2H3,(H,14,19)(H,15,17)(H,16,18);2-5H2,1H3;2-3H,1H2,(H,4,6);/q-1;;;+1. The molecule has 0 aliphatic rings. The molecule has 0 rings (SSSR count). The van der Waals surface area contributed by atoms with Crippen molar-refractivity contribution in [3.63, 3.8) is 0 Å². The largest absolute Gasteiger partial charge is 1.00 e. The van der Waals surface area contributed by atoms with Crippen LogP contribution in [0.3, 0.4) is 0 Å². The first-order valence-electron chi connectivity index (χ1n) is 10.0. The van der Waals surface area contributed by atoms with E-state index in [4.69, 9.17) is 11.5 Å². The number of unbranched alkanes of at least 4 members (excludes halogenated alkanes) is 2. The van der Waals surface area contributed by atoms with Crippen molar-refractivity contribution in [1.29, 1.82) is 0 Å². The molecule has 4 amide bonds. The SMILES string of the molecule is CC(C)NC(=O)CNC(=O)C(CCCCN)N[C-]=O.CCCCN.O=CCNC=O.[Cs+]. The van der Waals surface area contributed by atoms with Gasteiger partial charge in [-0.25, -0.2) is 0 Å². The summed E-state index contributed by atoms with van der Waals surface area (Å²) in [6.45, 7) is 7.18. The first-order valence-corrected chi connectivity index (χ1v) is 10.0. The number of carbonyl (C=O) groups excluding carboxylic acids is 5. The van der Waals surface area contributed by atoms with Gasteiger partial charge >= 0.3 is 68.9 Å². The second kappa shape index (κ2) is 31.7. The summed E-state index contributed by atoms with van der Waals surface area (Å²) < 4.78 is 0. The molecule has 0 heterocycles. The molecule has 0 aromatic heterocycles. The van der Waals surface area contributed by atoms with E-state index in [1.165, 1.54) is 19.3 Å². The zero-order valence-corrected chi connectivity index (χ0v) is 25.6. The molecule has 0 aromatic carbocycles. The Bertz CT molecular complexity index is 446. The summed E-state index contributed by atoms with van der Waals surface area (Å²) in [7, 11) is 0. The predicted molar refractivity (Wildman–Crippen MR) is 116 cm³/mol. The maximum Gasteiger partial charge on any atom is 1.00 e. The van der Waals surface area contributed by atoms with Gasteiger partial charge < -0.3 is 42.3 Å². The number of rotatable bonds is 15. The van der Waals surface area contributed by atoms with E-state index in [9.17, 15) is 24.0 Å². The summed E-state index contributed by atoms with van der Waals surface area (Å²) in [4.78, 5) is 52.1. The molecule has 0 fully saturated rings. The zero-order chi connectivity index (χ0) is 23.6. The third-order valence-corrected chi connectivity index (χ3v) is 3.21. The second-order valence-corrected chi connectivity index (χ2v) is 6.36. The van der Waals surface area contributed by atoms with E-state index < -0.39 is 6.04 Å². The number of hydrogen-bond donors (Lipinski definition) is 6. The van der Waals surface area contributed by atoms with Crippen molar-refractivity contribution in [3.8, 4) is 0 Å². The van der Waals surface area contributed by atoms with Crippen molar-refractivity contribution in [2.75, 3.05) is 26.2 Å². The number of nitrogens with one attached hydrogen (secondary N) is 4. The quantitative estimate of drug-likeness (QED) is 0.0501. The topological polar surface area (TPSA) is 186 Å². The minimum atomic E-state index is -0.670. The van der Waals surface area contributed by atoms with Gasteiger partial charge in [0.05, 0.1) is 19.1 Å². The molecule has 0 aromatic rings. The number of aldehydes is 1. The van der Waals surface area contributed by atoms with Gasteiger partial charge in [-0.2, -0.15) is 6.41 Å². The van der Waals surface area contributed by atoms with Crippen LogP contribution in [0, 0.1) is 0 Å². The Hall–Kier alpha value is -0.478. The Morgan fingerprint density at radius 2 is 1.68 bits per heavy atom. The summed E-state index contributed by atoms with van der Waals surface area (Å²) in [5.74, 6) is -0.654. The fourth-order valence-corrected chi connectivity index (χ4v) is 1.80. The van der Waals surface area contributed by atoms with E-state index in [1.807, 2.05) is 13.8 Å². The van der Waals surface area contributed by atoms with Crippen LogP contribution in [0.1, 0.15) is 52.9 Å². The Kier molecular flexibility index (Phi) is 38.7. The first-order chi connectivity index (χ1) is 14.3. The van der Waals surface area contributed by atoms with Crippen molar-refractivity contribution in [2.24, 2.45) is 11.5 Å². The minimum absolute atomic E-state index is 0. The van der Waals surface area contributed by atoms with Crippen LogP contribution in [0.2, 0.25) is 0 Å². The Morgan fingerprint density at radius 1 is 1.06 bits per heavy atom. The van der Waals surface area contributed by atoms with Gasteiger partial charge in [-0.15, -0.1) is 0 Å². The normalized spacial score (nSPS) is 9.87. The second-order valence-electron chi connectivity index (χ2n) is 6.36. The molecule has 0 spiro atoms. The van der Waals surface area contributed by atoms with E-state index in [-0.39, 0.29) is 99.8 Å². The van der Waals surface area contributed by atoms with Gasteiger partial charge in [0.1, 0.15) is 6.29 Å². The van der Waals surface area contributed by atoms with E-state index in [1.54, 1.807) is 0 Å². The maximum atomic E-state index is 11.8. The van der Waals surface area contributed by atoms with Crippen LogP contribution in [0.5, 0.6) is 0 Å². The average molecular weight is 564 g/mol. The molecule has 0 aliphatic carbocycles. The molecular weight excluding hydrogens is 525 g/mol. The van der Waals surface area contributed by atoms with Crippen molar-refractivity contribution >= 4 is 30.9 Å². The number of nitrogens with two attached hydrogens (primary N) is 2. The first kappa shape index (κ1) is 37.8. The third kappa shape index (κ3) is 34.3. The van der Waals surface area contributed by atoms with E-state index in [0.29, 0.717) is 25.7 Å². The summed E-state index contributed by atoms with van der Waals surface area (Å²) in [5.41, 5.74) is 10.5. The van der Waals surface area contributed by atoms with Crippen LogP contribution >= 0.6 is 0 Å². The number of hydrogen-bond acceptors (Lipinski definition) is 7. The van der Waals surface area contributed by atoms with Crippen LogP contribution in [-0.2, 0) is 24.0 Å². The molecule has 11 nitrogen and oxygen atoms in total. The van der Waals surface area contributed by atoms with E-state index in [2.05, 4.69) is 28.2 Å². The maximum absolute atomic E-state index is 11.8. The Balaban J connectivity index is -0.000000250. The Labute approximate surface area is 244 Å². The predicted octanol–water partition coefficient (Wildman–Crippen LogP) is -4.54. The van der Waals surface area contributed by atoms with Crippen LogP contribution in [0.4, 0.5) is 0 Å². The molecule has 12 heteroatoms. The van der Waals surface area contributed by atoms with Gasteiger partial charge in [0, 0.05) is 6.04 Å². The summed E-state index contributed by atoms with van der Waals surface area (Å²) >= 11 is 0. The molecule has 0 bridgehead atoms. The molecule has 1 atom stereocenters. The number of carbonyl (C=O) groups is 4. The van der Waals surface area contributed by atoms with Gasteiger partial charge in [-0.1, -0.05) is 13.3 Å². The van der Waals surface area contributed by atoms with Crippen LogP contribution in [0.15, 0.2) is 0 Å². The van der Waals surface area contributed by atoms with Crippen molar-refractivity contribution in [1.82, 2.24) is 21.3 Å². The van der Waals surface area contributed by atoms with Crippen molar-refractivity contribution in [3.05, 3.63) is 0 Å². The van der Waals surface area contributed by atoms with E-state index in [0.717, 1.165) is 19.4 Å². The third-order valence-electron chi connectivity index (χ3n) is 3.21. The minimum Gasteiger partial charge on any atom is -0.520 e. The van der Waals surface area contributed by atoms with Gasteiger partial charge in [0.2, 0.25) is 18.2 Å². The van der Waals surface area contributed by atoms with Crippen molar-refractivity contribution in [2.45, 2.75) is 65.0 Å². The summed E-state index contributed by atoms with van der Waals surface area (Å²) in [6.07, 6.45) is 6.96. The molecule has 0 aliphatic heterocycles. The molecule has 0 saturated carbocycles. The fraction of sp³-hybridized carbons (Fsp3) is 0.737. The molecule has 8 N–H and O–H groups in total. The fourth-order valence-electron chi connectivity index (χ4n) is 1.80. The molecule has 1 unspecified atom stereocenters. The molecular formula is C19H39CsN6O5. The van der Waals surface area contributed by atoms with Gasteiger partial charge in [-0.05, 0) is 52.6 Å². The average Bonchev–Trinajstić information content (AvgIpc) is 2.71. The number of amides is 4. The summed E-state index contributed by atoms with van der Waals surface area (Å²) in [6, 6.07) is -0.651. The van der Waals surface area contributed by atoms with Crippen LogP contribution in [0.25, 0.3) is 0 Å². The van der Waals surface area contributed by atoms with Crippen LogP contribution < -0.4 is 102 Å². The zero-order valence-electron chi connectivity index (χ0n) is 19.4. The van der Waals surface area contributed by atoms with Crippen molar-refractivity contribution < 1.29 is 92.9 Å². The summed E-state index contributed by atoms with van der Waals surface area (Å²) in [5, 5.41) is 9.59. The Morgan fingerprint density at radius 3 is 2.03 bits per heavy atom. The smallest absolute Gasteiger partial charge is 0.520 e.